The van der Waals surface area contributed by atoms with Crippen LogP contribution in [-0.4, -0.2) is 50.2 Å². The lowest BCUT2D eigenvalue weighted by Crippen LogP contribution is -2.48. The predicted octanol–water partition coefficient (Wildman–Crippen LogP) is 1.84. The Hall–Kier alpha value is -1.40. The first-order chi connectivity index (χ1) is 10.9. The topological polar surface area (TPSA) is 66.5 Å². The molecule has 3 rings (SSSR count). The van der Waals surface area contributed by atoms with E-state index in [1.165, 1.54) is 25.0 Å². The van der Waals surface area contributed by atoms with Crippen molar-refractivity contribution in [1.82, 2.24) is 10.2 Å². The van der Waals surface area contributed by atoms with Crippen LogP contribution in [0.25, 0.3) is 0 Å². The van der Waals surface area contributed by atoms with E-state index in [9.17, 15) is 13.2 Å². The molecule has 2 saturated heterocycles. The number of sulfone groups is 1. The van der Waals surface area contributed by atoms with Crippen LogP contribution in [0.1, 0.15) is 43.0 Å². The summed E-state index contributed by atoms with van der Waals surface area (Å²) in [5.74, 6) is 0.0367. The highest BCUT2D eigenvalue weighted by Gasteiger charge is 2.36. The number of rotatable bonds is 4. The second kappa shape index (κ2) is 6.24. The van der Waals surface area contributed by atoms with E-state index in [0.29, 0.717) is 17.6 Å². The van der Waals surface area contributed by atoms with Gasteiger partial charge in [-0.1, -0.05) is 6.92 Å². The molecule has 1 aromatic rings. The van der Waals surface area contributed by atoms with Crippen LogP contribution in [0.5, 0.6) is 0 Å². The molecule has 0 saturated carbocycles. The molecule has 0 radical (unpaired) electrons. The number of fused-ring (bicyclic) bond motifs is 2. The fraction of sp³-hybridized carbons (Fsp3) is 0.588. The van der Waals surface area contributed by atoms with Crippen molar-refractivity contribution in [3.05, 3.63) is 29.8 Å². The van der Waals surface area contributed by atoms with E-state index in [0.717, 1.165) is 12.8 Å². The molecule has 2 unspecified atom stereocenters. The maximum atomic E-state index is 12.7. The molecular weight excluding hydrogens is 312 g/mol. The van der Waals surface area contributed by atoms with Crippen LogP contribution >= 0.6 is 0 Å². The van der Waals surface area contributed by atoms with E-state index in [-0.39, 0.29) is 22.6 Å². The molecule has 2 fully saturated rings. The van der Waals surface area contributed by atoms with Crippen molar-refractivity contribution < 1.29 is 13.2 Å². The second-order valence-corrected chi connectivity index (χ2v) is 8.89. The predicted molar refractivity (Wildman–Crippen MR) is 89.2 cm³/mol. The Morgan fingerprint density at radius 1 is 1.17 bits per heavy atom. The second-order valence-electron chi connectivity index (χ2n) is 6.61. The zero-order valence-corrected chi connectivity index (χ0v) is 14.5. The average molecular weight is 336 g/mol. The molecule has 2 aliphatic rings. The van der Waals surface area contributed by atoms with Crippen molar-refractivity contribution in [3.8, 4) is 0 Å². The summed E-state index contributed by atoms with van der Waals surface area (Å²) >= 11 is 0. The summed E-state index contributed by atoms with van der Waals surface area (Å²) in [7, 11) is -1.37. The number of benzene rings is 1. The number of nitrogens with zero attached hydrogens (tertiary/aromatic N) is 1. The highest BCUT2D eigenvalue weighted by molar-refractivity contribution is 7.91. The molecule has 1 N–H and O–H groups in total. The van der Waals surface area contributed by atoms with Crippen molar-refractivity contribution >= 4 is 15.7 Å². The molecule has 2 bridgehead atoms. The number of amides is 1. The van der Waals surface area contributed by atoms with Crippen LogP contribution in [0.3, 0.4) is 0 Å². The quantitative estimate of drug-likeness (QED) is 0.911. The molecule has 126 valence electrons. The lowest BCUT2D eigenvalue weighted by Gasteiger charge is -2.35. The standard InChI is InChI=1S/C17H24N2O3S/c1-3-23(21,22)16-8-4-12(5-9-16)17(20)19(2)15-10-13-6-7-14(11-15)18-13/h4-5,8-9,13-15,18H,3,6-7,10-11H2,1-2H3. The normalized spacial score (nSPS) is 27.0. The number of nitrogens with one attached hydrogen (secondary N) is 1. The fourth-order valence-corrected chi connectivity index (χ4v) is 4.57. The van der Waals surface area contributed by atoms with Gasteiger partial charge in [0, 0.05) is 30.7 Å². The minimum absolute atomic E-state index is 0.0308. The maximum absolute atomic E-state index is 12.7. The van der Waals surface area contributed by atoms with E-state index in [1.807, 2.05) is 11.9 Å². The van der Waals surface area contributed by atoms with Gasteiger partial charge >= 0.3 is 0 Å². The molecule has 0 aliphatic carbocycles. The molecule has 2 heterocycles. The van der Waals surface area contributed by atoms with Crippen molar-refractivity contribution in [1.29, 1.82) is 0 Å². The van der Waals surface area contributed by atoms with Crippen LogP contribution in [0.15, 0.2) is 29.2 Å². The first-order valence-corrected chi connectivity index (χ1v) is 9.92. The van der Waals surface area contributed by atoms with Gasteiger partial charge in [-0.05, 0) is 49.9 Å². The minimum Gasteiger partial charge on any atom is -0.339 e. The Kier molecular flexibility index (Phi) is 4.47. The van der Waals surface area contributed by atoms with Crippen LogP contribution in [0.2, 0.25) is 0 Å². The first kappa shape index (κ1) is 16.5. The van der Waals surface area contributed by atoms with E-state index >= 15 is 0 Å². The van der Waals surface area contributed by atoms with E-state index < -0.39 is 9.84 Å². The van der Waals surface area contributed by atoms with Crippen molar-refractivity contribution in [2.24, 2.45) is 0 Å². The maximum Gasteiger partial charge on any atom is 0.253 e. The lowest BCUT2D eigenvalue weighted by atomic mass is 9.98. The Morgan fingerprint density at radius 3 is 2.26 bits per heavy atom. The summed E-state index contributed by atoms with van der Waals surface area (Å²) in [6.45, 7) is 1.62. The third-order valence-corrected chi connectivity index (χ3v) is 6.91. The SMILES string of the molecule is CCS(=O)(=O)c1ccc(C(=O)N(C)C2CC3CCC(C2)N3)cc1. The molecule has 0 spiro atoms. The van der Waals surface area contributed by atoms with Gasteiger partial charge in [-0.3, -0.25) is 4.79 Å². The Labute approximate surface area is 138 Å². The molecule has 2 aliphatic heterocycles. The summed E-state index contributed by atoms with van der Waals surface area (Å²) in [4.78, 5) is 14.8. The molecule has 1 amide bonds. The summed E-state index contributed by atoms with van der Waals surface area (Å²) in [6.07, 6.45) is 4.40. The van der Waals surface area contributed by atoms with Gasteiger partial charge in [0.25, 0.3) is 5.91 Å². The third kappa shape index (κ3) is 3.28. The summed E-state index contributed by atoms with van der Waals surface area (Å²) in [6, 6.07) is 7.64. The molecule has 0 aromatic heterocycles. The van der Waals surface area contributed by atoms with Gasteiger partial charge < -0.3 is 10.2 Å². The number of hydrogen-bond donors (Lipinski definition) is 1. The van der Waals surface area contributed by atoms with Crippen LogP contribution in [0, 0.1) is 0 Å². The summed E-state index contributed by atoms with van der Waals surface area (Å²) < 4.78 is 23.7. The van der Waals surface area contributed by atoms with Crippen LogP contribution in [-0.2, 0) is 9.84 Å². The van der Waals surface area contributed by atoms with Gasteiger partial charge in [-0.15, -0.1) is 0 Å². The minimum atomic E-state index is -3.22. The monoisotopic (exact) mass is 336 g/mol. The summed E-state index contributed by atoms with van der Waals surface area (Å²) in [5.41, 5.74) is 0.549. The molecule has 5 nitrogen and oxygen atoms in total. The Morgan fingerprint density at radius 2 is 1.74 bits per heavy atom. The van der Waals surface area contributed by atoms with Crippen molar-refractivity contribution in [2.75, 3.05) is 12.8 Å². The van der Waals surface area contributed by atoms with Gasteiger partial charge in [0.15, 0.2) is 9.84 Å². The fourth-order valence-electron chi connectivity index (χ4n) is 3.68. The van der Waals surface area contributed by atoms with E-state index in [4.69, 9.17) is 0 Å². The van der Waals surface area contributed by atoms with Gasteiger partial charge in [-0.2, -0.15) is 0 Å². The summed E-state index contributed by atoms with van der Waals surface area (Å²) in [5, 5.41) is 3.58. The Balaban J connectivity index is 1.72. The van der Waals surface area contributed by atoms with E-state index in [1.54, 1.807) is 19.1 Å². The van der Waals surface area contributed by atoms with Gasteiger partial charge in [0.2, 0.25) is 0 Å². The molecule has 2 atom stereocenters. The Bertz CT molecular complexity index is 672. The number of piperidine rings is 1. The van der Waals surface area contributed by atoms with Crippen LogP contribution in [0.4, 0.5) is 0 Å². The zero-order valence-electron chi connectivity index (χ0n) is 13.7. The lowest BCUT2D eigenvalue weighted by molar-refractivity contribution is 0.0681. The largest absolute Gasteiger partial charge is 0.339 e. The molecular formula is C17H24N2O3S. The van der Waals surface area contributed by atoms with Crippen molar-refractivity contribution in [3.63, 3.8) is 0 Å². The zero-order chi connectivity index (χ0) is 16.6. The van der Waals surface area contributed by atoms with E-state index in [2.05, 4.69) is 5.32 Å². The number of hydrogen-bond acceptors (Lipinski definition) is 4. The first-order valence-electron chi connectivity index (χ1n) is 8.26. The number of carbonyl (C=O) groups excluding carboxylic acids is 1. The average Bonchev–Trinajstić information content (AvgIpc) is 2.91. The smallest absolute Gasteiger partial charge is 0.253 e. The van der Waals surface area contributed by atoms with Gasteiger partial charge in [-0.25, -0.2) is 8.42 Å². The molecule has 1 aromatic carbocycles. The van der Waals surface area contributed by atoms with Gasteiger partial charge in [0.05, 0.1) is 10.6 Å². The highest BCUT2D eigenvalue weighted by atomic mass is 32.2. The molecule has 6 heteroatoms. The van der Waals surface area contributed by atoms with Gasteiger partial charge in [0.1, 0.15) is 0 Å². The third-order valence-electron chi connectivity index (χ3n) is 5.16. The van der Waals surface area contributed by atoms with Crippen LogP contribution < -0.4 is 5.32 Å². The molecule has 23 heavy (non-hydrogen) atoms. The van der Waals surface area contributed by atoms with Crippen molar-refractivity contribution in [2.45, 2.75) is 55.6 Å². The highest BCUT2D eigenvalue weighted by Crippen LogP contribution is 2.29. The number of carbonyl (C=O) groups is 1.